The van der Waals surface area contributed by atoms with Gasteiger partial charge in [-0.2, -0.15) is 0 Å². The van der Waals surface area contributed by atoms with Crippen molar-refractivity contribution in [3.8, 4) is 0 Å². The van der Waals surface area contributed by atoms with Crippen LogP contribution in [0.3, 0.4) is 0 Å². The molecule has 0 amide bonds. The summed E-state index contributed by atoms with van der Waals surface area (Å²) in [6.45, 7) is 11.3. The summed E-state index contributed by atoms with van der Waals surface area (Å²) in [6, 6.07) is 0. The highest BCUT2D eigenvalue weighted by Gasteiger charge is 2.30. The largest absolute Gasteiger partial charge is 0.268 e. The van der Waals surface area contributed by atoms with Crippen molar-refractivity contribution in [2.45, 2.75) is 32.7 Å². The predicted molar refractivity (Wildman–Crippen MR) is 64.9 cm³/mol. The number of rotatable bonds is 0. The van der Waals surface area contributed by atoms with Crippen molar-refractivity contribution in [3.63, 3.8) is 0 Å². The maximum absolute atomic E-state index is 5.03. The van der Waals surface area contributed by atoms with Gasteiger partial charge in [0.25, 0.3) is 0 Å². The van der Waals surface area contributed by atoms with E-state index >= 15 is 0 Å². The third-order valence-electron chi connectivity index (χ3n) is 2.75. The predicted octanol–water partition coefficient (Wildman–Crippen LogP) is 2.71. The monoisotopic (exact) mass is 217 g/mol. The lowest BCUT2D eigenvalue weighted by atomic mass is 10.1. The van der Waals surface area contributed by atoms with E-state index in [-0.39, 0.29) is 5.54 Å². The minimum Gasteiger partial charge on any atom is -0.268 e. The topological polar surface area (TPSA) is 18.8 Å². The molecule has 1 aliphatic heterocycles. The van der Waals surface area contributed by atoms with Crippen LogP contribution in [-0.4, -0.2) is 48.7 Å². The van der Waals surface area contributed by atoms with Crippen LogP contribution in [-0.2, 0) is 0 Å². The highest BCUT2D eigenvalue weighted by atomic mass is 31.2. The molecular formula is C10H24N3P. The number of nitrogens with zero attached hydrogens (tertiary/aromatic N) is 3. The quantitative estimate of drug-likeness (QED) is 0.581. The maximum Gasteiger partial charge on any atom is 0.0940 e. The fourth-order valence-electron chi connectivity index (χ4n) is 1.89. The van der Waals surface area contributed by atoms with Crippen LogP contribution in [0.15, 0.2) is 4.74 Å². The van der Waals surface area contributed by atoms with Crippen LogP contribution >= 0.6 is 7.36 Å². The first-order chi connectivity index (χ1) is 6.26. The summed E-state index contributed by atoms with van der Waals surface area (Å²) in [4.78, 5) is 0. The van der Waals surface area contributed by atoms with E-state index in [1.807, 2.05) is 0 Å². The molecule has 1 fully saturated rings. The van der Waals surface area contributed by atoms with Crippen molar-refractivity contribution in [1.82, 2.24) is 9.34 Å². The van der Waals surface area contributed by atoms with Crippen LogP contribution in [0.1, 0.15) is 27.2 Å². The fraction of sp³-hybridized carbons (Fsp3) is 1.00. The van der Waals surface area contributed by atoms with Gasteiger partial charge in [0, 0.05) is 13.1 Å². The van der Waals surface area contributed by atoms with Gasteiger partial charge in [0.05, 0.1) is 12.9 Å². The summed E-state index contributed by atoms with van der Waals surface area (Å²) in [5.41, 5.74) is 0.0718. The second-order valence-electron chi connectivity index (χ2n) is 5.26. The van der Waals surface area contributed by atoms with Gasteiger partial charge in [-0.05, 0) is 48.0 Å². The van der Waals surface area contributed by atoms with Crippen molar-refractivity contribution >= 4 is 7.36 Å². The molecule has 4 heteroatoms. The highest BCUT2D eigenvalue weighted by molar-refractivity contribution is 7.60. The van der Waals surface area contributed by atoms with Gasteiger partial charge < -0.3 is 0 Å². The molecule has 0 aliphatic carbocycles. The van der Waals surface area contributed by atoms with E-state index in [0.29, 0.717) is 0 Å². The smallest absolute Gasteiger partial charge is 0.0940 e. The molecule has 0 radical (unpaired) electrons. The zero-order valence-corrected chi connectivity index (χ0v) is 11.3. The Morgan fingerprint density at radius 3 is 1.86 bits per heavy atom. The Labute approximate surface area is 88.6 Å². The van der Waals surface area contributed by atoms with E-state index in [1.54, 1.807) is 0 Å². The van der Waals surface area contributed by atoms with E-state index < -0.39 is 7.36 Å². The number of hydrogen-bond acceptors (Lipinski definition) is 1. The van der Waals surface area contributed by atoms with Crippen LogP contribution < -0.4 is 0 Å². The van der Waals surface area contributed by atoms with Crippen LogP contribution in [0.4, 0.5) is 0 Å². The van der Waals surface area contributed by atoms with Crippen LogP contribution in [0, 0.1) is 0 Å². The van der Waals surface area contributed by atoms with Gasteiger partial charge in [0.15, 0.2) is 0 Å². The van der Waals surface area contributed by atoms with E-state index in [4.69, 9.17) is 4.74 Å². The molecular weight excluding hydrogens is 193 g/mol. The Morgan fingerprint density at radius 2 is 1.50 bits per heavy atom. The molecule has 0 aromatic heterocycles. The van der Waals surface area contributed by atoms with E-state index in [9.17, 15) is 0 Å². The molecule has 1 heterocycles. The molecule has 84 valence electrons. The zero-order valence-electron chi connectivity index (χ0n) is 10.4. The second-order valence-corrected chi connectivity index (χ2v) is 8.56. The lowest BCUT2D eigenvalue weighted by Crippen LogP contribution is -2.35. The van der Waals surface area contributed by atoms with Crippen molar-refractivity contribution in [2.75, 3.05) is 33.8 Å². The maximum atomic E-state index is 5.03. The highest BCUT2D eigenvalue weighted by Crippen LogP contribution is 2.54. The van der Waals surface area contributed by atoms with Crippen LogP contribution in [0.5, 0.6) is 0 Å². The minimum atomic E-state index is -1.38. The third kappa shape index (κ3) is 2.59. The van der Waals surface area contributed by atoms with Crippen LogP contribution in [0.25, 0.3) is 0 Å². The summed E-state index contributed by atoms with van der Waals surface area (Å²) in [5, 5.41) is 0. The van der Waals surface area contributed by atoms with Gasteiger partial charge in [0.1, 0.15) is 0 Å². The summed E-state index contributed by atoms with van der Waals surface area (Å²) >= 11 is 0. The molecule has 0 spiro atoms. The molecule has 14 heavy (non-hydrogen) atoms. The lowest BCUT2D eigenvalue weighted by Gasteiger charge is -2.43. The molecule has 0 aromatic rings. The van der Waals surface area contributed by atoms with Gasteiger partial charge in [-0.25, -0.2) is 0 Å². The standard InChI is InChI=1S/C10H24N3P/c1-10(2,3)11-14(6)12(4)8-7-9-13(14)5/h7-9H2,1-6H3. The summed E-state index contributed by atoms with van der Waals surface area (Å²) in [5.74, 6) is 0. The minimum absolute atomic E-state index is 0.0718. The zero-order chi connectivity index (χ0) is 11.0. The second kappa shape index (κ2) is 3.96. The van der Waals surface area contributed by atoms with E-state index in [2.05, 4.69) is 50.9 Å². The van der Waals surface area contributed by atoms with Crippen molar-refractivity contribution in [3.05, 3.63) is 0 Å². The first kappa shape index (κ1) is 12.2. The van der Waals surface area contributed by atoms with E-state index in [1.165, 1.54) is 19.5 Å². The Bertz CT molecular complexity index is 241. The molecule has 0 N–H and O–H groups in total. The fourth-order valence-corrected chi connectivity index (χ4v) is 4.89. The molecule has 1 saturated heterocycles. The summed E-state index contributed by atoms with van der Waals surface area (Å²) < 4.78 is 9.92. The van der Waals surface area contributed by atoms with Gasteiger partial charge in [-0.15, -0.1) is 0 Å². The molecule has 0 atom stereocenters. The first-order valence-electron chi connectivity index (χ1n) is 5.30. The van der Waals surface area contributed by atoms with Gasteiger partial charge in [-0.3, -0.25) is 14.1 Å². The van der Waals surface area contributed by atoms with Crippen molar-refractivity contribution < 1.29 is 0 Å². The Kier molecular flexibility index (Phi) is 3.45. The van der Waals surface area contributed by atoms with Gasteiger partial charge in [-0.1, -0.05) is 0 Å². The van der Waals surface area contributed by atoms with Crippen molar-refractivity contribution in [1.29, 1.82) is 0 Å². The molecule has 0 unspecified atom stereocenters. The summed E-state index contributed by atoms with van der Waals surface area (Å²) in [7, 11) is 3.04. The summed E-state index contributed by atoms with van der Waals surface area (Å²) in [6.07, 6.45) is 1.27. The lowest BCUT2D eigenvalue weighted by molar-refractivity contribution is 0.372. The number of hydrogen-bond donors (Lipinski definition) is 0. The Balaban J connectivity index is 3.04. The molecule has 0 aromatic carbocycles. The Hall–Kier alpha value is 0.150. The molecule has 1 rings (SSSR count). The molecule has 0 bridgehead atoms. The Morgan fingerprint density at radius 1 is 1.07 bits per heavy atom. The van der Waals surface area contributed by atoms with Gasteiger partial charge in [0.2, 0.25) is 0 Å². The third-order valence-corrected chi connectivity index (χ3v) is 6.71. The normalized spacial score (nSPS) is 25.0. The SMILES string of the molecule is CN1CCCN(C)P1(C)=NC(C)(C)C. The molecule has 3 nitrogen and oxygen atoms in total. The molecule has 0 saturated carbocycles. The van der Waals surface area contributed by atoms with E-state index in [0.717, 1.165) is 0 Å². The van der Waals surface area contributed by atoms with Crippen LogP contribution in [0.2, 0.25) is 0 Å². The van der Waals surface area contributed by atoms with Crippen molar-refractivity contribution in [2.24, 2.45) is 4.74 Å². The molecule has 1 aliphatic rings. The van der Waals surface area contributed by atoms with Gasteiger partial charge >= 0.3 is 0 Å². The first-order valence-corrected chi connectivity index (χ1v) is 7.39. The average Bonchev–Trinajstić information content (AvgIpc) is 1.97. The average molecular weight is 217 g/mol.